The van der Waals surface area contributed by atoms with E-state index in [0.717, 1.165) is 42.8 Å². The molecule has 0 fully saturated rings. The van der Waals surface area contributed by atoms with Crippen molar-refractivity contribution in [2.45, 2.75) is 19.8 Å². The second kappa shape index (κ2) is 9.69. The molecule has 5 heteroatoms. The van der Waals surface area contributed by atoms with E-state index in [-0.39, 0.29) is 0 Å². The Hall–Kier alpha value is -1.17. The van der Waals surface area contributed by atoms with Crippen LogP contribution >= 0.6 is 12.2 Å². The normalized spacial score (nSPS) is 10.5. The van der Waals surface area contributed by atoms with Crippen molar-refractivity contribution in [3.8, 4) is 0 Å². The Morgan fingerprint density at radius 3 is 2.70 bits per heavy atom. The van der Waals surface area contributed by atoms with Gasteiger partial charge in [-0.15, -0.1) is 0 Å². The molecule has 4 nitrogen and oxygen atoms in total. The molecule has 0 saturated heterocycles. The number of aryl methyl sites for hydroxylation is 1. The van der Waals surface area contributed by atoms with E-state index in [9.17, 15) is 0 Å². The third kappa shape index (κ3) is 6.32. The maximum absolute atomic E-state index is 5.64. The van der Waals surface area contributed by atoms with Crippen LogP contribution in [0.1, 0.15) is 24.0 Å². The Labute approximate surface area is 126 Å². The van der Waals surface area contributed by atoms with Crippen LogP contribution < -0.4 is 11.1 Å². The quantitative estimate of drug-likeness (QED) is 0.513. The van der Waals surface area contributed by atoms with Crippen LogP contribution in [0.15, 0.2) is 18.2 Å². The zero-order valence-corrected chi connectivity index (χ0v) is 13.1. The number of hydrogen-bond acceptors (Lipinski definition) is 4. The van der Waals surface area contributed by atoms with Crippen LogP contribution in [0.5, 0.6) is 0 Å². The molecular weight excluding hydrogens is 272 g/mol. The summed E-state index contributed by atoms with van der Waals surface area (Å²) in [5.74, 6) is 0. The SMILES string of the molecule is COCCOCCCCNc1ccc(C(N)=S)c(C)c1. The predicted octanol–water partition coefficient (Wildman–Crippen LogP) is 2.48. The van der Waals surface area contributed by atoms with E-state index in [1.807, 2.05) is 19.1 Å². The van der Waals surface area contributed by atoms with Gasteiger partial charge in [-0.25, -0.2) is 0 Å². The second-order valence-corrected chi connectivity index (χ2v) is 5.07. The van der Waals surface area contributed by atoms with E-state index < -0.39 is 0 Å². The number of ether oxygens (including phenoxy) is 2. The van der Waals surface area contributed by atoms with Gasteiger partial charge in [0.05, 0.1) is 13.2 Å². The zero-order valence-electron chi connectivity index (χ0n) is 12.3. The highest BCUT2D eigenvalue weighted by Gasteiger charge is 2.02. The lowest BCUT2D eigenvalue weighted by atomic mass is 10.1. The molecule has 0 saturated carbocycles. The molecule has 0 aliphatic carbocycles. The third-order valence-electron chi connectivity index (χ3n) is 2.97. The van der Waals surface area contributed by atoms with Gasteiger partial charge in [0.2, 0.25) is 0 Å². The summed E-state index contributed by atoms with van der Waals surface area (Å²) >= 11 is 4.99. The van der Waals surface area contributed by atoms with Gasteiger partial charge in [0.1, 0.15) is 4.99 Å². The fourth-order valence-electron chi connectivity index (χ4n) is 1.86. The number of nitrogens with two attached hydrogens (primary N) is 1. The number of nitrogens with one attached hydrogen (secondary N) is 1. The maximum atomic E-state index is 5.64. The lowest BCUT2D eigenvalue weighted by molar-refractivity contribution is 0.0691. The fraction of sp³-hybridized carbons (Fsp3) is 0.533. The van der Waals surface area contributed by atoms with E-state index in [1.54, 1.807) is 7.11 Å². The molecule has 112 valence electrons. The van der Waals surface area contributed by atoms with Crippen LogP contribution in [0.4, 0.5) is 5.69 Å². The van der Waals surface area contributed by atoms with Crippen LogP contribution in [0.3, 0.4) is 0 Å². The van der Waals surface area contributed by atoms with Gasteiger partial charge in [0.15, 0.2) is 0 Å². The second-order valence-electron chi connectivity index (χ2n) is 4.63. The maximum Gasteiger partial charge on any atom is 0.104 e. The van der Waals surface area contributed by atoms with E-state index in [0.29, 0.717) is 18.2 Å². The third-order valence-corrected chi connectivity index (χ3v) is 3.19. The molecule has 0 unspecified atom stereocenters. The molecule has 0 spiro atoms. The molecule has 0 aliphatic rings. The molecule has 0 bridgehead atoms. The largest absolute Gasteiger partial charge is 0.389 e. The highest BCUT2D eigenvalue weighted by Crippen LogP contribution is 2.15. The Morgan fingerprint density at radius 1 is 1.25 bits per heavy atom. The van der Waals surface area contributed by atoms with Gasteiger partial charge < -0.3 is 20.5 Å². The highest BCUT2D eigenvalue weighted by atomic mass is 32.1. The number of unbranched alkanes of at least 4 members (excludes halogenated alkanes) is 1. The smallest absolute Gasteiger partial charge is 0.104 e. The summed E-state index contributed by atoms with van der Waals surface area (Å²) in [6, 6.07) is 6.05. The first-order valence-electron chi connectivity index (χ1n) is 6.86. The monoisotopic (exact) mass is 296 g/mol. The van der Waals surface area contributed by atoms with Gasteiger partial charge in [-0.05, 0) is 43.5 Å². The van der Waals surface area contributed by atoms with Gasteiger partial charge in [-0.1, -0.05) is 12.2 Å². The molecule has 20 heavy (non-hydrogen) atoms. The van der Waals surface area contributed by atoms with Crippen molar-refractivity contribution >= 4 is 22.9 Å². The summed E-state index contributed by atoms with van der Waals surface area (Å²) in [5.41, 5.74) is 8.79. The Balaban J connectivity index is 2.19. The molecule has 0 aromatic heterocycles. The first-order chi connectivity index (χ1) is 9.65. The van der Waals surface area contributed by atoms with Crippen LogP contribution in [0.2, 0.25) is 0 Å². The average Bonchev–Trinajstić information content (AvgIpc) is 2.41. The predicted molar refractivity (Wildman–Crippen MR) is 87.5 cm³/mol. The summed E-state index contributed by atoms with van der Waals surface area (Å²) in [6.45, 7) is 5.06. The van der Waals surface area contributed by atoms with Gasteiger partial charge in [-0.2, -0.15) is 0 Å². The molecule has 1 aromatic carbocycles. The molecule has 0 heterocycles. The van der Waals surface area contributed by atoms with Crippen molar-refractivity contribution in [3.63, 3.8) is 0 Å². The Kier molecular flexibility index (Phi) is 8.18. The summed E-state index contributed by atoms with van der Waals surface area (Å²) in [5, 5.41) is 3.39. The molecule has 0 radical (unpaired) electrons. The van der Waals surface area contributed by atoms with Crippen LogP contribution in [-0.2, 0) is 9.47 Å². The molecule has 1 aromatic rings. The zero-order chi connectivity index (χ0) is 14.8. The molecule has 0 atom stereocenters. The number of hydrogen-bond donors (Lipinski definition) is 2. The lowest BCUT2D eigenvalue weighted by Gasteiger charge is -2.10. The number of rotatable bonds is 10. The Morgan fingerprint density at radius 2 is 2.05 bits per heavy atom. The molecule has 3 N–H and O–H groups in total. The minimum atomic E-state index is 0.447. The van der Waals surface area contributed by atoms with E-state index >= 15 is 0 Å². The van der Waals surface area contributed by atoms with Crippen LogP contribution in [0.25, 0.3) is 0 Å². The summed E-state index contributed by atoms with van der Waals surface area (Å²) < 4.78 is 10.3. The summed E-state index contributed by atoms with van der Waals surface area (Å²) in [4.78, 5) is 0.447. The standard InChI is InChI=1S/C15H24N2O2S/c1-12-11-13(5-6-14(12)15(16)20)17-7-3-4-8-19-10-9-18-2/h5-6,11,17H,3-4,7-10H2,1-2H3,(H2,16,20). The summed E-state index contributed by atoms with van der Waals surface area (Å²) in [6.07, 6.45) is 2.11. The van der Waals surface area contributed by atoms with Crippen LogP contribution in [-0.4, -0.2) is 38.5 Å². The van der Waals surface area contributed by atoms with Crippen molar-refractivity contribution < 1.29 is 9.47 Å². The van der Waals surface area contributed by atoms with Gasteiger partial charge >= 0.3 is 0 Å². The highest BCUT2D eigenvalue weighted by molar-refractivity contribution is 7.80. The van der Waals surface area contributed by atoms with Crippen molar-refractivity contribution in [2.24, 2.45) is 5.73 Å². The number of anilines is 1. The number of thiocarbonyl (C=S) groups is 1. The topological polar surface area (TPSA) is 56.5 Å². The van der Waals surface area contributed by atoms with Crippen molar-refractivity contribution in [3.05, 3.63) is 29.3 Å². The fourth-order valence-corrected chi connectivity index (χ4v) is 2.09. The Bertz CT molecular complexity index is 424. The molecule has 0 aliphatic heterocycles. The van der Waals surface area contributed by atoms with Crippen molar-refractivity contribution in [1.82, 2.24) is 0 Å². The van der Waals surface area contributed by atoms with E-state index in [1.165, 1.54) is 0 Å². The lowest BCUT2D eigenvalue weighted by Crippen LogP contribution is -2.11. The van der Waals surface area contributed by atoms with Gasteiger partial charge in [0, 0.05) is 31.5 Å². The van der Waals surface area contributed by atoms with E-state index in [4.69, 9.17) is 27.4 Å². The number of benzene rings is 1. The molecule has 1 rings (SSSR count). The van der Waals surface area contributed by atoms with Gasteiger partial charge in [0.25, 0.3) is 0 Å². The van der Waals surface area contributed by atoms with Crippen molar-refractivity contribution in [1.29, 1.82) is 0 Å². The van der Waals surface area contributed by atoms with Crippen molar-refractivity contribution in [2.75, 3.05) is 38.8 Å². The summed E-state index contributed by atoms with van der Waals surface area (Å²) in [7, 11) is 1.68. The first kappa shape index (κ1) is 16.9. The minimum absolute atomic E-state index is 0.447. The molecular formula is C15H24N2O2S. The first-order valence-corrected chi connectivity index (χ1v) is 7.27. The minimum Gasteiger partial charge on any atom is -0.389 e. The average molecular weight is 296 g/mol. The van der Waals surface area contributed by atoms with E-state index in [2.05, 4.69) is 11.4 Å². The van der Waals surface area contributed by atoms with Gasteiger partial charge in [-0.3, -0.25) is 0 Å². The molecule has 0 amide bonds. The van der Waals surface area contributed by atoms with Crippen LogP contribution in [0, 0.1) is 6.92 Å². The number of methoxy groups -OCH3 is 1.